The van der Waals surface area contributed by atoms with Crippen LogP contribution in [0.25, 0.3) is 0 Å². The van der Waals surface area contributed by atoms with Gasteiger partial charge in [0.05, 0.1) is 6.04 Å². The van der Waals surface area contributed by atoms with E-state index in [1.165, 1.54) is 12.2 Å². The van der Waals surface area contributed by atoms with Crippen LogP contribution in [-0.4, -0.2) is 76.6 Å². The van der Waals surface area contributed by atoms with Crippen LogP contribution in [-0.2, 0) is 19.2 Å². The SMILES string of the molecule is CN1CC(c2ccc(NC(=O)Nc3ccc(Cl)cc3)cc2)CC1C(=O)NC(CC=CCC(NC(=O)CC(C)(C)C)C(=O)O)C(=O)O. The molecule has 4 unspecified atom stereocenters. The number of nitrogens with zero attached hydrogens (tertiary/aromatic N) is 1. The molecule has 4 atom stereocenters. The number of aliphatic carboxylic acids is 2. The molecular formula is C33H42ClN5O7. The first-order chi connectivity index (χ1) is 21.6. The Balaban J connectivity index is 1.51. The predicted molar refractivity (Wildman–Crippen MR) is 176 cm³/mol. The minimum Gasteiger partial charge on any atom is -0.480 e. The summed E-state index contributed by atoms with van der Waals surface area (Å²) in [5, 5.41) is 30.3. The van der Waals surface area contributed by atoms with Crippen LogP contribution in [0.3, 0.4) is 0 Å². The first kappa shape index (κ1) is 36.1. The number of benzene rings is 2. The molecule has 0 aliphatic carbocycles. The Morgan fingerprint density at radius 1 is 0.870 bits per heavy atom. The molecule has 0 bridgehead atoms. The molecule has 1 fully saturated rings. The molecule has 13 heteroatoms. The van der Waals surface area contributed by atoms with Crippen LogP contribution in [0.4, 0.5) is 16.2 Å². The second kappa shape index (κ2) is 16.2. The number of halogens is 1. The summed E-state index contributed by atoms with van der Waals surface area (Å²) in [4.78, 5) is 63.0. The van der Waals surface area contributed by atoms with Crippen LogP contribution < -0.4 is 21.3 Å². The van der Waals surface area contributed by atoms with Crippen molar-refractivity contribution < 1.29 is 34.2 Å². The molecule has 46 heavy (non-hydrogen) atoms. The predicted octanol–water partition coefficient (Wildman–Crippen LogP) is 4.68. The normalized spacial score (nSPS) is 18.0. The lowest BCUT2D eigenvalue weighted by molar-refractivity contribution is -0.142. The van der Waals surface area contributed by atoms with Gasteiger partial charge in [-0.15, -0.1) is 0 Å². The van der Waals surface area contributed by atoms with E-state index in [9.17, 15) is 34.2 Å². The Morgan fingerprint density at radius 3 is 1.87 bits per heavy atom. The summed E-state index contributed by atoms with van der Waals surface area (Å²) < 4.78 is 0. The molecule has 1 saturated heterocycles. The Morgan fingerprint density at radius 2 is 1.37 bits per heavy atom. The van der Waals surface area contributed by atoms with Gasteiger partial charge < -0.3 is 31.5 Å². The third-order valence-corrected chi connectivity index (χ3v) is 7.69. The van der Waals surface area contributed by atoms with E-state index in [4.69, 9.17) is 11.6 Å². The zero-order valence-corrected chi connectivity index (χ0v) is 27.1. The van der Waals surface area contributed by atoms with Gasteiger partial charge in [-0.3, -0.25) is 14.5 Å². The van der Waals surface area contributed by atoms with E-state index in [1.807, 2.05) is 37.8 Å². The van der Waals surface area contributed by atoms with Crippen molar-refractivity contribution in [3.8, 4) is 0 Å². The van der Waals surface area contributed by atoms with Crippen LogP contribution in [0.15, 0.2) is 60.7 Å². The molecule has 1 aliphatic rings. The summed E-state index contributed by atoms with van der Waals surface area (Å²) in [6, 6.07) is 10.8. The van der Waals surface area contributed by atoms with E-state index in [0.29, 0.717) is 29.4 Å². The topological polar surface area (TPSA) is 177 Å². The number of carbonyl (C=O) groups excluding carboxylic acids is 3. The molecule has 0 saturated carbocycles. The fraction of sp³-hybridized carbons (Fsp3) is 0.424. The minimum atomic E-state index is -1.22. The second-order valence-corrected chi connectivity index (χ2v) is 13.1. The van der Waals surface area contributed by atoms with Crippen molar-refractivity contribution in [1.82, 2.24) is 15.5 Å². The number of anilines is 2. The summed E-state index contributed by atoms with van der Waals surface area (Å²) in [7, 11) is 1.80. The number of carbonyl (C=O) groups is 5. The lowest BCUT2D eigenvalue weighted by Gasteiger charge is -2.21. The number of hydrogen-bond acceptors (Lipinski definition) is 6. The van der Waals surface area contributed by atoms with Crippen molar-refractivity contribution in [3.05, 3.63) is 71.3 Å². The summed E-state index contributed by atoms with van der Waals surface area (Å²) in [5.41, 5.74) is 1.87. The van der Waals surface area contributed by atoms with Gasteiger partial charge in [-0.05, 0) is 79.6 Å². The van der Waals surface area contributed by atoms with E-state index < -0.39 is 42.0 Å². The van der Waals surface area contributed by atoms with Crippen molar-refractivity contribution in [3.63, 3.8) is 0 Å². The maximum atomic E-state index is 13.1. The number of nitrogens with one attached hydrogen (secondary N) is 4. The molecule has 1 aliphatic heterocycles. The molecule has 2 aromatic carbocycles. The van der Waals surface area contributed by atoms with Crippen molar-refractivity contribution in [1.29, 1.82) is 0 Å². The first-order valence-corrected chi connectivity index (χ1v) is 15.3. The zero-order chi connectivity index (χ0) is 34.0. The average molecular weight is 656 g/mol. The lowest BCUT2D eigenvalue weighted by atomic mass is 9.92. The Kier molecular flexibility index (Phi) is 12.7. The highest BCUT2D eigenvalue weighted by Crippen LogP contribution is 2.31. The molecule has 248 valence electrons. The quantitative estimate of drug-likeness (QED) is 0.168. The number of hydrogen-bond donors (Lipinski definition) is 6. The first-order valence-electron chi connectivity index (χ1n) is 15.0. The standard InChI is InChI=1S/C33H42ClN5O7/c1-33(2,3)18-28(40)37-25(30(42)43)7-5-6-8-26(31(44)45)38-29(41)27-17-21(19-39(27)4)20-9-13-23(14-10-20)35-32(46)36-24-15-11-22(34)12-16-24/h5-6,9-16,21,25-27H,7-8,17-19H2,1-4H3,(H,37,40)(H,38,41)(H,42,43)(H,44,45)(H2,35,36,46). The third kappa shape index (κ3) is 11.5. The number of carboxylic acid groups (broad SMARTS) is 2. The van der Waals surface area contributed by atoms with Gasteiger partial charge >= 0.3 is 18.0 Å². The van der Waals surface area contributed by atoms with Gasteiger partial charge in [0.25, 0.3) is 0 Å². The number of rotatable bonds is 13. The molecule has 0 spiro atoms. The Hall–Kier alpha value is -4.42. The van der Waals surface area contributed by atoms with Gasteiger partial charge in [0.15, 0.2) is 0 Å². The molecule has 0 radical (unpaired) electrons. The lowest BCUT2D eigenvalue weighted by Crippen LogP contribution is -2.48. The molecule has 6 N–H and O–H groups in total. The molecule has 0 aromatic heterocycles. The molecule has 12 nitrogen and oxygen atoms in total. The fourth-order valence-corrected chi connectivity index (χ4v) is 5.24. The van der Waals surface area contributed by atoms with E-state index in [0.717, 1.165) is 5.56 Å². The summed E-state index contributed by atoms with van der Waals surface area (Å²) in [6.07, 6.45) is 3.55. The maximum absolute atomic E-state index is 13.1. The van der Waals surface area contributed by atoms with Gasteiger partial charge in [-0.2, -0.15) is 0 Å². The number of carboxylic acids is 2. The summed E-state index contributed by atoms with van der Waals surface area (Å²) >= 11 is 5.88. The highest BCUT2D eigenvalue weighted by atomic mass is 35.5. The molecule has 2 aromatic rings. The van der Waals surface area contributed by atoms with E-state index in [-0.39, 0.29) is 36.5 Å². The second-order valence-electron chi connectivity index (χ2n) is 12.6. The van der Waals surface area contributed by atoms with Crippen LogP contribution in [0.5, 0.6) is 0 Å². The Labute approximate surface area is 273 Å². The van der Waals surface area contributed by atoms with Gasteiger partial charge in [0.2, 0.25) is 11.8 Å². The van der Waals surface area contributed by atoms with Crippen molar-refractivity contribution >= 4 is 52.8 Å². The number of amides is 4. The van der Waals surface area contributed by atoms with E-state index >= 15 is 0 Å². The van der Waals surface area contributed by atoms with Crippen LogP contribution >= 0.6 is 11.6 Å². The number of likely N-dealkylation sites (tertiary alicyclic amines) is 1. The maximum Gasteiger partial charge on any atom is 0.326 e. The van der Waals surface area contributed by atoms with Gasteiger partial charge in [0.1, 0.15) is 12.1 Å². The number of urea groups is 1. The highest BCUT2D eigenvalue weighted by Gasteiger charge is 2.36. The van der Waals surface area contributed by atoms with Crippen molar-refractivity contribution in [2.45, 2.75) is 70.5 Å². The monoisotopic (exact) mass is 655 g/mol. The van der Waals surface area contributed by atoms with E-state index in [1.54, 1.807) is 43.4 Å². The van der Waals surface area contributed by atoms with Crippen LogP contribution in [0, 0.1) is 5.41 Å². The molecule has 4 amide bonds. The number of likely N-dealkylation sites (N-methyl/N-ethyl adjacent to an activating group) is 1. The van der Waals surface area contributed by atoms with Crippen LogP contribution in [0.2, 0.25) is 5.02 Å². The van der Waals surface area contributed by atoms with Crippen molar-refractivity contribution in [2.75, 3.05) is 24.2 Å². The third-order valence-electron chi connectivity index (χ3n) is 7.44. The Bertz CT molecular complexity index is 1420. The average Bonchev–Trinajstić information content (AvgIpc) is 3.35. The molecule has 3 rings (SSSR count). The minimum absolute atomic E-state index is 0.0160. The molecule has 1 heterocycles. The van der Waals surface area contributed by atoms with Gasteiger partial charge in [-0.1, -0.05) is 56.7 Å². The van der Waals surface area contributed by atoms with Gasteiger partial charge in [0, 0.05) is 29.4 Å². The smallest absolute Gasteiger partial charge is 0.326 e. The fourth-order valence-electron chi connectivity index (χ4n) is 5.12. The molecular weight excluding hydrogens is 614 g/mol. The highest BCUT2D eigenvalue weighted by molar-refractivity contribution is 6.30. The van der Waals surface area contributed by atoms with Crippen LogP contribution in [0.1, 0.15) is 57.9 Å². The van der Waals surface area contributed by atoms with E-state index in [2.05, 4.69) is 21.3 Å². The largest absolute Gasteiger partial charge is 0.480 e. The van der Waals surface area contributed by atoms with Gasteiger partial charge in [-0.25, -0.2) is 14.4 Å². The zero-order valence-electron chi connectivity index (χ0n) is 26.4. The summed E-state index contributed by atoms with van der Waals surface area (Å²) in [5.74, 6) is -3.19. The summed E-state index contributed by atoms with van der Waals surface area (Å²) in [6.45, 7) is 6.19. The van der Waals surface area contributed by atoms with Crippen molar-refractivity contribution in [2.24, 2.45) is 5.41 Å².